The van der Waals surface area contributed by atoms with Crippen LogP contribution in [-0.4, -0.2) is 16.6 Å². The molecule has 0 amide bonds. The summed E-state index contributed by atoms with van der Waals surface area (Å²) in [5.74, 6) is 1.32. The Bertz CT molecular complexity index is 414. The van der Waals surface area contributed by atoms with E-state index >= 15 is 0 Å². The predicted molar refractivity (Wildman–Crippen MR) is 71.5 cm³/mol. The second kappa shape index (κ2) is 5.54. The molecule has 1 aromatic rings. The molecule has 94 valence electrons. The quantitative estimate of drug-likeness (QED) is 0.839. The molecule has 2 rings (SSSR count). The van der Waals surface area contributed by atoms with Crippen LogP contribution in [0.1, 0.15) is 31.2 Å². The van der Waals surface area contributed by atoms with E-state index in [1.807, 2.05) is 12.1 Å². The van der Waals surface area contributed by atoms with Crippen molar-refractivity contribution in [3.05, 3.63) is 23.8 Å². The molecule has 4 heteroatoms. The Morgan fingerprint density at radius 1 is 1.41 bits per heavy atom. The van der Waals surface area contributed by atoms with E-state index in [4.69, 9.17) is 10.5 Å². The SMILES string of the molecule is COc1cc(N)ccc1CS(=O)C1CCCC1. The van der Waals surface area contributed by atoms with E-state index < -0.39 is 10.8 Å². The third kappa shape index (κ3) is 3.00. The number of benzene rings is 1. The summed E-state index contributed by atoms with van der Waals surface area (Å²) in [6.45, 7) is 0. The maximum atomic E-state index is 12.2. The largest absolute Gasteiger partial charge is 0.496 e. The van der Waals surface area contributed by atoms with Crippen LogP contribution < -0.4 is 10.5 Å². The summed E-state index contributed by atoms with van der Waals surface area (Å²) in [6.07, 6.45) is 4.64. The Balaban J connectivity index is 2.09. The van der Waals surface area contributed by atoms with E-state index in [-0.39, 0.29) is 0 Å². The summed E-state index contributed by atoms with van der Waals surface area (Å²) in [7, 11) is 0.836. The highest BCUT2D eigenvalue weighted by molar-refractivity contribution is 7.84. The topological polar surface area (TPSA) is 52.3 Å². The summed E-state index contributed by atoms with van der Waals surface area (Å²) < 4.78 is 17.5. The third-order valence-corrected chi connectivity index (χ3v) is 5.09. The summed E-state index contributed by atoms with van der Waals surface area (Å²) in [6, 6.07) is 5.55. The number of methoxy groups -OCH3 is 1. The van der Waals surface area contributed by atoms with Crippen LogP contribution in [0.15, 0.2) is 18.2 Å². The number of nitrogens with two attached hydrogens (primary N) is 1. The fourth-order valence-electron chi connectivity index (χ4n) is 2.30. The molecule has 0 spiro atoms. The van der Waals surface area contributed by atoms with Crippen LogP contribution in [0.4, 0.5) is 5.69 Å². The standard InChI is InChI=1S/C13H19NO2S/c1-16-13-8-11(14)7-6-10(13)9-17(15)12-4-2-3-5-12/h6-8,12H,2-5,9,14H2,1H3. The summed E-state index contributed by atoms with van der Waals surface area (Å²) in [4.78, 5) is 0. The number of nitrogen functional groups attached to an aromatic ring is 1. The van der Waals surface area contributed by atoms with E-state index in [0.717, 1.165) is 24.2 Å². The maximum Gasteiger partial charge on any atom is 0.125 e. The Labute approximate surface area is 105 Å². The summed E-state index contributed by atoms with van der Waals surface area (Å²) in [5, 5.41) is 0.372. The summed E-state index contributed by atoms with van der Waals surface area (Å²) in [5.41, 5.74) is 7.37. The van der Waals surface area contributed by atoms with Crippen LogP contribution in [0, 0.1) is 0 Å². The number of hydrogen-bond acceptors (Lipinski definition) is 3. The zero-order valence-electron chi connectivity index (χ0n) is 10.1. The fourth-order valence-corrected chi connectivity index (χ4v) is 3.94. The highest BCUT2D eigenvalue weighted by Gasteiger charge is 2.22. The molecule has 2 N–H and O–H groups in total. The zero-order chi connectivity index (χ0) is 12.3. The van der Waals surface area contributed by atoms with Crippen molar-refractivity contribution in [1.29, 1.82) is 0 Å². The molecule has 0 aliphatic heterocycles. The molecule has 0 aromatic heterocycles. The maximum absolute atomic E-state index is 12.2. The molecule has 0 bridgehead atoms. The van der Waals surface area contributed by atoms with Crippen LogP contribution >= 0.6 is 0 Å². The van der Waals surface area contributed by atoms with E-state index in [2.05, 4.69) is 0 Å². The monoisotopic (exact) mass is 253 g/mol. The van der Waals surface area contributed by atoms with Gasteiger partial charge in [-0.3, -0.25) is 4.21 Å². The van der Waals surface area contributed by atoms with Crippen LogP contribution in [-0.2, 0) is 16.6 Å². The van der Waals surface area contributed by atoms with Gasteiger partial charge in [0.1, 0.15) is 5.75 Å². The normalized spacial score (nSPS) is 18.2. The molecule has 1 unspecified atom stereocenters. The third-order valence-electron chi connectivity index (χ3n) is 3.28. The molecular formula is C13H19NO2S. The van der Waals surface area contributed by atoms with Gasteiger partial charge in [0.15, 0.2) is 0 Å². The molecule has 0 saturated heterocycles. The lowest BCUT2D eigenvalue weighted by atomic mass is 10.2. The first-order valence-corrected chi connectivity index (χ1v) is 7.38. The van der Waals surface area contributed by atoms with Gasteiger partial charge in [-0.25, -0.2) is 0 Å². The van der Waals surface area contributed by atoms with E-state index in [1.165, 1.54) is 12.8 Å². The van der Waals surface area contributed by atoms with Gasteiger partial charge in [0.2, 0.25) is 0 Å². The Kier molecular flexibility index (Phi) is 4.05. The fraction of sp³-hybridized carbons (Fsp3) is 0.538. The predicted octanol–water partition coefficient (Wildman–Crippen LogP) is 2.47. The van der Waals surface area contributed by atoms with Crippen molar-refractivity contribution in [2.45, 2.75) is 36.7 Å². The Hall–Kier alpha value is -1.03. The Morgan fingerprint density at radius 2 is 2.12 bits per heavy atom. The van der Waals surface area contributed by atoms with E-state index in [9.17, 15) is 4.21 Å². The van der Waals surface area contributed by atoms with Gasteiger partial charge in [-0.1, -0.05) is 18.9 Å². The number of ether oxygens (including phenoxy) is 1. The van der Waals surface area contributed by atoms with E-state index in [1.54, 1.807) is 13.2 Å². The van der Waals surface area contributed by atoms with Gasteiger partial charge in [0.25, 0.3) is 0 Å². The average Bonchev–Trinajstić information content (AvgIpc) is 2.85. The molecular weight excluding hydrogens is 234 g/mol. The van der Waals surface area contributed by atoms with Crippen molar-refractivity contribution < 1.29 is 8.95 Å². The molecule has 1 aliphatic rings. The molecule has 1 saturated carbocycles. The van der Waals surface area contributed by atoms with Gasteiger partial charge >= 0.3 is 0 Å². The van der Waals surface area contributed by atoms with Crippen molar-refractivity contribution in [2.24, 2.45) is 0 Å². The highest BCUT2D eigenvalue weighted by Crippen LogP contribution is 2.28. The van der Waals surface area contributed by atoms with Gasteiger partial charge in [0, 0.05) is 33.4 Å². The lowest BCUT2D eigenvalue weighted by Gasteiger charge is -2.12. The van der Waals surface area contributed by atoms with Crippen molar-refractivity contribution >= 4 is 16.5 Å². The van der Waals surface area contributed by atoms with Crippen molar-refractivity contribution in [3.8, 4) is 5.75 Å². The van der Waals surface area contributed by atoms with Crippen molar-refractivity contribution in [2.75, 3.05) is 12.8 Å². The smallest absolute Gasteiger partial charge is 0.125 e. The minimum absolute atomic E-state index is 0.372. The molecule has 1 aliphatic carbocycles. The van der Waals surface area contributed by atoms with Gasteiger partial charge in [0.05, 0.1) is 12.9 Å². The van der Waals surface area contributed by atoms with Gasteiger partial charge in [-0.2, -0.15) is 0 Å². The van der Waals surface area contributed by atoms with Gasteiger partial charge in [-0.15, -0.1) is 0 Å². The van der Waals surface area contributed by atoms with Crippen LogP contribution in [0.5, 0.6) is 5.75 Å². The lowest BCUT2D eigenvalue weighted by Crippen LogP contribution is -2.12. The minimum Gasteiger partial charge on any atom is -0.496 e. The van der Waals surface area contributed by atoms with E-state index in [0.29, 0.717) is 16.7 Å². The summed E-state index contributed by atoms with van der Waals surface area (Å²) >= 11 is 0. The second-order valence-electron chi connectivity index (χ2n) is 4.50. The van der Waals surface area contributed by atoms with Crippen LogP contribution in [0.25, 0.3) is 0 Å². The number of rotatable bonds is 4. The molecule has 1 fully saturated rings. The molecule has 0 heterocycles. The van der Waals surface area contributed by atoms with Gasteiger partial charge < -0.3 is 10.5 Å². The van der Waals surface area contributed by atoms with Crippen LogP contribution in [0.3, 0.4) is 0 Å². The molecule has 1 aromatic carbocycles. The van der Waals surface area contributed by atoms with Crippen molar-refractivity contribution in [1.82, 2.24) is 0 Å². The Morgan fingerprint density at radius 3 is 2.76 bits per heavy atom. The first-order chi connectivity index (χ1) is 8.20. The molecule has 17 heavy (non-hydrogen) atoms. The first-order valence-electron chi connectivity index (χ1n) is 6.00. The number of hydrogen-bond donors (Lipinski definition) is 1. The molecule has 0 radical (unpaired) electrons. The molecule has 1 atom stereocenters. The lowest BCUT2D eigenvalue weighted by molar-refractivity contribution is 0.411. The number of anilines is 1. The van der Waals surface area contributed by atoms with Crippen LogP contribution in [0.2, 0.25) is 0 Å². The van der Waals surface area contributed by atoms with Gasteiger partial charge in [-0.05, 0) is 18.9 Å². The molecule has 3 nitrogen and oxygen atoms in total. The second-order valence-corrected chi connectivity index (χ2v) is 6.22. The average molecular weight is 253 g/mol. The highest BCUT2D eigenvalue weighted by atomic mass is 32.2. The first kappa shape index (κ1) is 12.4. The zero-order valence-corrected chi connectivity index (χ0v) is 11.0. The van der Waals surface area contributed by atoms with Crippen molar-refractivity contribution in [3.63, 3.8) is 0 Å². The minimum atomic E-state index is -0.786.